The second-order valence-corrected chi connectivity index (χ2v) is 3.02. The number of unbranched alkanes of at least 4 members (excludes halogenated alkanes) is 1. The number of hydrogen-bond acceptors (Lipinski definition) is 3. The highest BCUT2D eigenvalue weighted by molar-refractivity contribution is 5.57. The minimum Gasteiger partial charge on any atom is -0.375 e. The van der Waals surface area contributed by atoms with Gasteiger partial charge in [0.25, 0.3) is 0 Å². The van der Waals surface area contributed by atoms with E-state index >= 15 is 0 Å². The van der Waals surface area contributed by atoms with Crippen molar-refractivity contribution in [1.29, 1.82) is 0 Å². The van der Waals surface area contributed by atoms with E-state index in [0.29, 0.717) is 6.61 Å². The SMILES string of the molecule is CCCCOC1CCOC1C=O. The Kier molecular flexibility index (Phi) is 4.25. The highest BCUT2D eigenvalue weighted by atomic mass is 16.6. The second-order valence-electron chi connectivity index (χ2n) is 3.02. The molecule has 3 heteroatoms. The van der Waals surface area contributed by atoms with E-state index < -0.39 is 0 Å². The zero-order valence-corrected chi connectivity index (χ0v) is 7.49. The van der Waals surface area contributed by atoms with E-state index in [-0.39, 0.29) is 12.2 Å². The lowest BCUT2D eigenvalue weighted by molar-refractivity contribution is -0.120. The summed E-state index contributed by atoms with van der Waals surface area (Å²) in [6.07, 6.45) is 3.56. The van der Waals surface area contributed by atoms with Crippen molar-refractivity contribution in [1.82, 2.24) is 0 Å². The van der Waals surface area contributed by atoms with E-state index in [1.165, 1.54) is 0 Å². The van der Waals surface area contributed by atoms with Crippen LogP contribution < -0.4 is 0 Å². The van der Waals surface area contributed by atoms with Gasteiger partial charge in [0.2, 0.25) is 0 Å². The molecular weight excluding hydrogens is 156 g/mol. The first-order chi connectivity index (χ1) is 5.88. The van der Waals surface area contributed by atoms with Crippen LogP contribution in [0.15, 0.2) is 0 Å². The first-order valence-electron chi connectivity index (χ1n) is 4.57. The maximum atomic E-state index is 10.4. The predicted octanol–water partition coefficient (Wildman–Crippen LogP) is 1.16. The third-order valence-electron chi connectivity index (χ3n) is 2.04. The number of carbonyl (C=O) groups excluding carboxylic acids is 1. The number of rotatable bonds is 5. The zero-order chi connectivity index (χ0) is 8.81. The molecule has 0 N–H and O–H groups in total. The summed E-state index contributed by atoms with van der Waals surface area (Å²) in [5.74, 6) is 0. The molecule has 1 rings (SSSR count). The molecule has 0 radical (unpaired) electrons. The van der Waals surface area contributed by atoms with E-state index in [0.717, 1.165) is 32.2 Å². The van der Waals surface area contributed by atoms with Gasteiger partial charge in [0.15, 0.2) is 6.29 Å². The predicted molar refractivity (Wildman–Crippen MR) is 45.1 cm³/mol. The van der Waals surface area contributed by atoms with Crippen molar-refractivity contribution < 1.29 is 14.3 Å². The third kappa shape index (κ3) is 2.57. The average Bonchev–Trinajstić information content (AvgIpc) is 2.52. The second kappa shape index (κ2) is 5.27. The molecule has 0 bridgehead atoms. The Morgan fingerprint density at radius 2 is 2.50 bits per heavy atom. The molecule has 0 amide bonds. The fourth-order valence-electron chi connectivity index (χ4n) is 1.28. The molecule has 2 unspecified atom stereocenters. The van der Waals surface area contributed by atoms with Crippen molar-refractivity contribution in [2.75, 3.05) is 13.2 Å². The van der Waals surface area contributed by atoms with E-state index in [9.17, 15) is 4.79 Å². The average molecular weight is 172 g/mol. The van der Waals surface area contributed by atoms with Crippen molar-refractivity contribution in [2.45, 2.75) is 38.4 Å². The molecule has 0 aromatic rings. The quantitative estimate of drug-likeness (QED) is 0.461. The Balaban J connectivity index is 2.17. The molecule has 1 aliphatic heterocycles. The summed E-state index contributed by atoms with van der Waals surface area (Å²) in [6, 6.07) is 0. The molecule has 1 fully saturated rings. The zero-order valence-electron chi connectivity index (χ0n) is 7.49. The Morgan fingerprint density at radius 3 is 3.17 bits per heavy atom. The van der Waals surface area contributed by atoms with Gasteiger partial charge in [-0.1, -0.05) is 13.3 Å². The van der Waals surface area contributed by atoms with Gasteiger partial charge >= 0.3 is 0 Å². The van der Waals surface area contributed by atoms with Crippen LogP contribution in [0.3, 0.4) is 0 Å². The van der Waals surface area contributed by atoms with Gasteiger partial charge in [-0.15, -0.1) is 0 Å². The Hall–Kier alpha value is -0.410. The molecule has 0 aromatic heterocycles. The van der Waals surface area contributed by atoms with Gasteiger partial charge < -0.3 is 14.3 Å². The van der Waals surface area contributed by atoms with Crippen LogP contribution in [0, 0.1) is 0 Å². The van der Waals surface area contributed by atoms with Gasteiger partial charge in [0.1, 0.15) is 6.10 Å². The summed E-state index contributed by atoms with van der Waals surface area (Å²) in [5, 5.41) is 0. The summed E-state index contributed by atoms with van der Waals surface area (Å²) < 4.78 is 10.6. The Morgan fingerprint density at radius 1 is 1.67 bits per heavy atom. The maximum absolute atomic E-state index is 10.4. The van der Waals surface area contributed by atoms with Gasteiger partial charge in [0, 0.05) is 6.61 Å². The van der Waals surface area contributed by atoms with Crippen LogP contribution in [0.2, 0.25) is 0 Å². The molecule has 3 nitrogen and oxygen atoms in total. The topological polar surface area (TPSA) is 35.5 Å². The molecule has 0 saturated carbocycles. The molecule has 0 aliphatic carbocycles. The number of ether oxygens (including phenoxy) is 2. The van der Waals surface area contributed by atoms with Crippen LogP contribution in [0.25, 0.3) is 0 Å². The molecule has 1 heterocycles. The smallest absolute Gasteiger partial charge is 0.151 e. The van der Waals surface area contributed by atoms with E-state index in [1.807, 2.05) is 0 Å². The van der Waals surface area contributed by atoms with Crippen LogP contribution in [-0.2, 0) is 14.3 Å². The largest absolute Gasteiger partial charge is 0.375 e. The fraction of sp³-hybridized carbons (Fsp3) is 0.889. The van der Waals surface area contributed by atoms with Crippen LogP contribution >= 0.6 is 0 Å². The van der Waals surface area contributed by atoms with Crippen LogP contribution in [0.5, 0.6) is 0 Å². The van der Waals surface area contributed by atoms with Gasteiger partial charge in [0.05, 0.1) is 12.7 Å². The molecule has 70 valence electrons. The lowest BCUT2D eigenvalue weighted by atomic mass is 10.2. The summed E-state index contributed by atoms with van der Waals surface area (Å²) >= 11 is 0. The number of aldehydes is 1. The van der Waals surface area contributed by atoms with E-state index in [2.05, 4.69) is 6.92 Å². The van der Waals surface area contributed by atoms with Crippen LogP contribution in [-0.4, -0.2) is 31.7 Å². The highest BCUT2D eigenvalue weighted by Crippen LogP contribution is 2.15. The first kappa shape index (κ1) is 9.68. The first-order valence-corrected chi connectivity index (χ1v) is 4.57. The minimum absolute atomic E-state index is 0.00838. The van der Waals surface area contributed by atoms with Gasteiger partial charge in [-0.2, -0.15) is 0 Å². The van der Waals surface area contributed by atoms with Gasteiger partial charge in [-0.05, 0) is 12.8 Å². The van der Waals surface area contributed by atoms with Crippen LogP contribution in [0.1, 0.15) is 26.2 Å². The number of carbonyl (C=O) groups is 1. The van der Waals surface area contributed by atoms with Gasteiger partial charge in [-0.25, -0.2) is 0 Å². The van der Waals surface area contributed by atoms with Gasteiger partial charge in [-0.3, -0.25) is 0 Å². The summed E-state index contributed by atoms with van der Waals surface area (Å²) in [7, 11) is 0. The summed E-state index contributed by atoms with van der Waals surface area (Å²) in [4.78, 5) is 10.4. The van der Waals surface area contributed by atoms with E-state index in [4.69, 9.17) is 9.47 Å². The minimum atomic E-state index is -0.318. The Labute approximate surface area is 73.0 Å². The lowest BCUT2D eigenvalue weighted by Crippen LogP contribution is -2.26. The fourth-order valence-corrected chi connectivity index (χ4v) is 1.28. The summed E-state index contributed by atoms with van der Waals surface area (Å²) in [6.45, 7) is 3.51. The highest BCUT2D eigenvalue weighted by Gasteiger charge is 2.28. The van der Waals surface area contributed by atoms with Crippen molar-refractivity contribution >= 4 is 6.29 Å². The van der Waals surface area contributed by atoms with Crippen molar-refractivity contribution in [3.8, 4) is 0 Å². The Bertz CT molecular complexity index is 136. The molecule has 1 aliphatic rings. The standard InChI is InChI=1S/C9H16O3/c1-2-3-5-11-8-4-6-12-9(8)7-10/h7-9H,2-6H2,1H3. The molecule has 2 atom stereocenters. The molecule has 1 saturated heterocycles. The van der Waals surface area contributed by atoms with Crippen LogP contribution in [0.4, 0.5) is 0 Å². The van der Waals surface area contributed by atoms with E-state index in [1.54, 1.807) is 0 Å². The monoisotopic (exact) mass is 172 g/mol. The maximum Gasteiger partial charge on any atom is 0.151 e. The third-order valence-corrected chi connectivity index (χ3v) is 2.04. The molecule has 0 spiro atoms. The number of hydrogen-bond donors (Lipinski definition) is 0. The van der Waals surface area contributed by atoms with Crippen molar-refractivity contribution in [3.05, 3.63) is 0 Å². The normalized spacial score (nSPS) is 29.1. The van der Waals surface area contributed by atoms with Crippen molar-refractivity contribution in [2.24, 2.45) is 0 Å². The molecular formula is C9H16O3. The molecule has 0 aromatic carbocycles. The molecule has 12 heavy (non-hydrogen) atoms. The lowest BCUT2D eigenvalue weighted by Gasteiger charge is -2.13. The summed E-state index contributed by atoms with van der Waals surface area (Å²) in [5.41, 5.74) is 0. The van der Waals surface area contributed by atoms with Crippen molar-refractivity contribution in [3.63, 3.8) is 0 Å².